The second kappa shape index (κ2) is 7.33. The van der Waals surface area contributed by atoms with Gasteiger partial charge in [0.2, 0.25) is 11.7 Å². The van der Waals surface area contributed by atoms with E-state index in [1.807, 2.05) is 22.4 Å². The third-order valence-corrected chi connectivity index (χ3v) is 5.46. The van der Waals surface area contributed by atoms with E-state index < -0.39 is 0 Å². The molecule has 0 radical (unpaired) electrons. The fourth-order valence-electron chi connectivity index (χ4n) is 3.11. The van der Waals surface area contributed by atoms with Crippen molar-refractivity contribution in [2.24, 2.45) is 0 Å². The largest absolute Gasteiger partial charge is 0.342 e. The number of nitrogens with zero attached hydrogens (tertiary/aromatic N) is 5. The molecule has 0 N–H and O–H groups in total. The monoisotopic (exact) mass is 371 g/mol. The van der Waals surface area contributed by atoms with E-state index in [1.165, 1.54) is 12.1 Å². The van der Waals surface area contributed by atoms with Crippen LogP contribution in [0.5, 0.6) is 0 Å². The van der Waals surface area contributed by atoms with Gasteiger partial charge in [0.25, 0.3) is 0 Å². The summed E-state index contributed by atoms with van der Waals surface area (Å²) >= 11 is 1.61. The Labute approximate surface area is 154 Å². The SMILES string of the molecule is O=C(Cc1cccs1)N1CCC(n2nnc(-c3ccc(F)cc3)n2)CC1. The zero-order valence-electron chi connectivity index (χ0n) is 14.1. The Morgan fingerprint density at radius 3 is 2.65 bits per heavy atom. The van der Waals surface area contributed by atoms with E-state index in [2.05, 4.69) is 15.4 Å². The summed E-state index contributed by atoms with van der Waals surface area (Å²) in [6.07, 6.45) is 2.07. The molecule has 0 aliphatic carbocycles. The Bertz CT molecular complexity index is 869. The fourth-order valence-corrected chi connectivity index (χ4v) is 3.81. The Balaban J connectivity index is 1.36. The van der Waals surface area contributed by atoms with Crippen LogP contribution in [0.2, 0.25) is 0 Å². The molecule has 0 unspecified atom stereocenters. The van der Waals surface area contributed by atoms with Crippen LogP contribution in [0, 0.1) is 5.82 Å². The molecular formula is C18H18FN5OS. The van der Waals surface area contributed by atoms with Crippen LogP contribution in [-0.4, -0.2) is 44.1 Å². The second-order valence-corrected chi connectivity index (χ2v) is 7.34. The number of rotatable bonds is 4. The molecule has 134 valence electrons. The summed E-state index contributed by atoms with van der Waals surface area (Å²) in [5.41, 5.74) is 0.737. The van der Waals surface area contributed by atoms with E-state index in [4.69, 9.17) is 0 Å². The number of halogens is 1. The van der Waals surface area contributed by atoms with Gasteiger partial charge in [0.05, 0.1) is 12.5 Å². The molecule has 1 aliphatic rings. The maximum absolute atomic E-state index is 13.0. The molecule has 3 heterocycles. The molecule has 0 saturated carbocycles. The first-order valence-corrected chi connectivity index (χ1v) is 9.42. The summed E-state index contributed by atoms with van der Waals surface area (Å²) in [6.45, 7) is 1.39. The lowest BCUT2D eigenvalue weighted by Crippen LogP contribution is -2.40. The molecule has 1 aliphatic heterocycles. The molecule has 2 aromatic heterocycles. The van der Waals surface area contributed by atoms with Crippen molar-refractivity contribution in [3.63, 3.8) is 0 Å². The van der Waals surface area contributed by atoms with Gasteiger partial charge in [-0.1, -0.05) is 6.07 Å². The average Bonchev–Trinajstić information content (AvgIpc) is 3.34. The molecule has 8 heteroatoms. The molecule has 1 aromatic carbocycles. The van der Waals surface area contributed by atoms with Gasteiger partial charge in [0.1, 0.15) is 5.82 Å². The van der Waals surface area contributed by atoms with Crippen molar-refractivity contribution in [3.05, 3.63) is 52.5 Å². The first-order chi connectivity index (χ1) is 12.7. The van der Waals surface area contributed by atoms with Gasteiger partial charge >= 0.3 is 0 Å². The minimum atomic E-state index is -0.291. The van der Waals surface area contributed by atoms with Gasteiger partial charge in [-0.25, -0.2) is 4.39 Å². The molecule has 0 spiro atoms. The standard InChI is InChI=1S/C18H18FN5OS/c19-14-5-3-13(4-6-14)18-20-22-24(21-18)15-7-9-23(10-8-15)17(25)12-16-2-1-11-26-16/h1-6,11,15H,7-10,12H2. The van der Waals surface area contributed by atoms with E-state index in [-0.39, 0.29) is 17.8 Å². The average molecular weight is 371 g/mol. The van der Waals surface area contributed by atoms with Crippen LogP contribution >= 0.6 is 11.3 Å². The highest BCUT2D eigenvalue weighted by Gasteiger charge is 2.25. The van der Waals surface area contributed by atoms with Crippen LogP contribution in [0.3, 0.4) is 0 Å². The first kappa shape index (κ1) is 16.8. The molecule has 1 saturated heterocycles. The van der Waals surface area contributed by atoms with Crippen LogP contribution in [0.15, 0.2) is 41.8 Å². The zero-order chi connectivity index (χ0) is 17.9. The van der Waals surface area contributed by atoms with Crippen molar-refractivity contribution in [1.82, 2.24) is 25.1 Å². The third-order valence-electron chi connectivity index (χ3n) is 4.58. The number of benzene rings is 1. The van der Waals surface area contributed by atoms with Crippen molar-refractivity contribution < 1.29 is 9.18 Å². The Morgan fingerprint density at radius 2 is 1.96 bits per heavy atom. The van der Waals surface area contributed by atoms with Crippen molar-refractivity contribution in [1.29, 1.82) is 0 Å². The predicted molar refractivity (Wildman–Crippen MR) is 96.1 cm³/mol. The summed E-state index contributed by atoms with van der Waals surface area (Å²) in [4.78, 5) is 17.0. The summed E-state index contributed by atoms with van der Waals surface area (Å²) < 4.78 is 13.0. The number of hydrogen-bond acceptors (Lipinski definition) is 5. The van der Waals surface area contributed by atoms with Crippen LogP contribution < -0.4 is 0 Å². The Kier molecular flexibility index (Phi) is 4.75. The molecule has 0 bridgehead atoms. The van der Waals surface area contributed by atoms with Crippen LogP contribution in [0.4, 0.5) is 4.39 Å². The summed E-state index contributed by atoms with van der Waals surface area (Å²) in [7, 11) is 0. The quantitative estimate of drug-likeness (QED) is 0.707. The first-order valence-electron chi connectivity index (χ1n) is 8.54. The molecule has 3 aromatic rings. The highest BCUT2D eigenvalue weighted by Crippen LogP contribution is 2.23. The van der Waals surface area contributed by atoms with Crippen molar-refractivity contribution in [3.8, 4) is 11.4 Å². The third kappa shape index (κ3) is 3.65. The minimum absolute atomic E-state index is 0.127. The van der Waals surface area contributed by atoms with E-state index in [9.17, 15) is 9.18 Å². The number of piperidine rings is 1. The van der Waals surface area contributed by atoms with Crippen LogP contribution in [0.1, 0.15) is 23.8 Å². The van der Waals surface area contributed by atoms with E-state index in [0.29, 0.717) is 25.3 Å². The van der Waals surface area contributed by atoms with Crippen molar-refractivity contribution >= 4 is 17.2 Å². The molecular weight excluding hydrogens is 353 g/mol. The van der Waals surface area contributed by atoms with E-state index in [0.717, 1.165) is 23.3 Å². The fraction of sp³-hybridized carbons (Fsp3) is 0.333. The van der Waals surface area contributed by atoms with Crippen molar-refractivity contribution in [2.75, 3.05) is 13.1 Å². The number of likely N-dealkylation sites (tertiary alicyclic amines) is 1. The van der Waals surface area contributed by atoms with Gasteiger partial charge in [-0.05, 0) is 53.8 Å². The maximum Gasteiger partial charge on any atom is 0.227 e. The highest BCUT2D eigenvalue weighted by molar-refractivity contribution is 7.10. The molecule has 4 rings (SSSR count). The molecule has 0 atom stereocenters. The normalized spacial score (nSPS) is 15.3. The van der Waals surface area contributed by atoms with Crippen LogP contribution in [0.25, 0.3) is 11.4 Å². The summed E-state index contributed by atoms with van der Waals surface area (Å²) in [6, 6.07) is 10.1. The number of carbonyl (C=O) groups excluding carboxylic acids is 1. The van der Waals surface area contributed by atoms with Gasteiger partial charge in [-0.15, -0.1) is 21.5 Å². The Morgan fingerprint density at radius 1 is 1.19 bits per heavy atom. The molecule has 1 amide bonds. The molecule has 26 heavy (non-hydrogen) atoms. The Hall–Kier alpha value is -2.61. The number of carbonyl (C=O) groups is 1. The van der Waals surface area contributed by atoms with Crippen LogP contribution in [-0.2, 0) is 11.2 Å². The minimum Gasteiger partial charge on any atom is -0.342 e. The van der Waals surface area contributed by atoms with Gasteiger partial charge in [0.15, 0.2) is 0 Å². The number of tetrazole rings is 1. The van der Waals surface area contributed by atoms with E-state index in [1.54, 1.807) is 28.3 Å². The second-order valence-electron chi connectivity index (χ2n) is 6.31. The van der Waals surface area contributed by atoms with E-state index >= 15 is 0 Å². The highest BCUT2D eigenvalue weighted by atomic mass is 32.1. The van der Waals surface area contributed by atoms with Crippen molar-refractivity contribution in [2.45, 2.75) is 25.3 Å². The van der Waals surface area contributed by atoms with Gasteiger partial charge < -0.3 is 4.90 Å². The summed E-state index contributed by atoms with van der Waals surface area (Å²) in [5, 5.41) is 14.6. The number of hydrogen-bond donors (Lipinski definition) is 0. The predicted octanol–water partition coefficient (Wildman–Crippen LogP) is 2.95. The molecule has 6 nitrogen and oxygen atoms in total. The number of aromatic nitrogens is 4. The van der Waals surface area contributed by atoms with Gasteiger partial charge in [-0.2, -0.15) is 4.80 Å². The molecule has 1 fully saturated rings. The lowest BCUT2D eigenvalue weighted by atomic mass is 10.1. The lowest BCUT2D eigenvalue weighted by Gasteiger charge is -2.31. The topological polar surface area (TPSA) is 63.9 Å². The number of amides is 1. The van der Waals surface area contributed by atoms with Gasteiger partial charge in [0, 0.05) is 23.5 Å². The lowest BCUT2D eigenvalue weighted by molar-refractivity contribution is -0.131. The smallest absolute Gasteiger partial charge is 0.227 e. The summed E-state index contributed by atoms with van der Waals surface area (Å²) in [5.74, 6) is 0.367. The number of thiophene rings is 1. The van der Waals surface area contributed by atoms with Gasteiger partial charge in [-0.3, -0.25) is 4.79 Å². The maximum atomic E-state index is 13.0. The zero-order valence-corrected chi connectivity index (χ0v) is 14.9.